The number of hydrogen-bond donors (Lipinski definition) is 0. The first-order valence-electron chi connectivity index (χ1n) is 28.2. The molecule has 0 N–H and O–H groups in total. The van der Waals surface area contributed by atoms with E-state index in [1.54, 1.807) is 11.1 Å². The van der Waals surface area contributed by atoms with Crippen molar-refractivity contribution in [2.45, 2.75) is 195 Å². The largest absolute Gasteiger partial charge is 0.172 e. The smallest absolute Gasteiger partial charge is 0.115 e. The van der Waals surface area contributed by atoms with E-state index < -0.39 is 0 Å². The number of rotatable bonds is 26. The molecule has 0 bridgehead atoms. The first kappa shape index (κ1) is 50.7. The van der Waals surface area contributed by atoms with Gasteiger partial charge in [-0.1, -0.05) is 231 Å². The van der Waals surface area contributed by atoms with E-state index in [2.05, 4.69) is 140 Å². The molecule has 2 aliphatic carbocycles. The first-order chi connectivity index (χ1) is 34.3. The Kier molecular flexibility index (Phi) is 16.4. The fourth-order valence-corrected chi connectivity index (χ4v) is 14.9. The lowest BCUT2D eigenvalue weighted by Gasteiger charge is -2.39. The lowest BCUT2D eigenvalue weighted by atomic mass is 9.65. The average molecular weight is 972 g/mol. The molecule has 70 heavy (non-hydrogen) atoms. The lowest BCUT2D eigenvalue weighted by Crippen LogP contribution is -2.31. The third kappa shape index (κ3) is 9.36. The van der Waals surface area contributed by atoms with Gasteiger partial charge in [0.05, 0.1) is 23.1 Å². The molecule has 1 aliphatic heterocycles. The molecular formula is C64H82N4S2. The fourth-order valence-electron chi connectivity index (χ4n) is 13.8. The minimum Gasteiger partial charge on any atom is -0.172 e. The van der Waals surface area contributed by atoms with Gasteiger partial charge in [-0.3, -0.25) is 0 Å². The van der Waals surface area contributed by atoms with Gasteiger partial charge in [0.2, 0.25) is 0 Å². The van der Waals surface area contributed by atoms with Crippen LogP contribution in [0.3, 0.4) is 0 Å². The van der Waals surface area contributed by atoms with E-state index in [0.717, 1.165) is 33.5 Å². The van der Waals surface area contributed by atoms with Crippen LogP contribution in [-0.4, -0.2) is 8.75 Å². The molecule has 0 saturated heterocycles. The van der Waals surface area contributed by atoms with Gasteiger partial charge in [0.15, 0.2) is 0 Å². The van der Waals surface area contributed by atoms with Gasteiger partial charge in [0, 0.05) is 22.0 Å². The molecule has 3 aliphatic rings. The van der Waals surface area contributed by atoms with Crippen molar-refractivity contribution in [3.05, 3.63) is 107 Å². The van der Waals surface area contributed by atoms with Crippen LogP contribution in [-0.2, 0) is 22.2 Å². The highest BCUT2D eigenvalue weighted by Crippen LogP contribution is 2.61. The van der Waals surface area contributed by atoms with Crippen molar-refractivity contribution >= 4 is 45.5 Å². The molecule has 0 amide bonds. The molecule has 4 atom stereocenters. The number of nitrogens with zero attached hydrogens (tertiary/aromatic N) is 4. The van der Waals surface area contributed by atoms with Gasteiger partial charge < -0.3 is 0 Å². The van der Waals surface area contributed by atoms with Crippen molar-refractivity contribution < 1.29 is 0 Å². The number of benzene rings is 5. The summed E-state index contributed by atoms with van der Waals surface area (Å²) >= 11 is 2.68. The molecule has 6 heteroatoms. The standard InChI is InChI=1S/C64H82N4S2/c1-9-17-25-43(13-5)39-63(40-44(14-6)26-18-10-2)53-31-23-21-29-49(53)51-35-33-47(37-55(51)63)57-59-61(67-69-65-59)58(62-60(57)66-70-68-62)48-34-36-52-50-30-22-24-32-54(50)64(56(52)38-48,41-45(15-7)27-19-11-3)42-46(16-8)28-20-12-4/h21-24,29-38,43-46H,9-20,25-28,39-42H2,1-8H3. The van der Waals surface area contributed by atoms with Gasteiger partial charge in [-0.2, -0.15) is 17.5 Å². The van der Waals surface area contributed by atoms with Gasteiger partial charge in [-0.05, 0) is 117 Å². The second-order valence-corrected chi connectivity index (χ2v) is 23.0. The Balaban J connectivity index is 1.22. The predicted octanol–water partition coefficient (Wildman–Crippen LogP) is 20.7. The fraction of sp³-hybridized carbons (Fsp3) is 0.531. The van der Waals surface area contributed by atoms with Crippen molar-refractivity contribution in [1.82, 2.24) is 8.75 Å². The predicted molar refractivity (Wildman–Crippen MR) is 304 cm³/mol. The van der Waals surface area contributed by atoms with Crippen molar-refractivity contribution in [3.8, 4) is 44.5 Å². The Morgan fingerprint density at radius 1 is 0.414 bits per heavy atom. The maximum absolute atomic E-state index is 5.23. The zero-order valence-electron chi connectivity index (χ0n) is 44.1. The Labute approximate surface area is 430 Å². The molecule has 2 heterocycles. The summed E-state index contributed by atoms with van der Waals surface area (Å²) in [6.45, 7) is 19.2. The molecule has 0 spiro atoms. The molecule has 6 aromatic rings. The lowest BCUT2D eigenvalue weighted by molar-refractivity contribution is 0.266. The SMILES string of the molecule is CCCCC(CC)CC1(CC(CC)CCCC)c2ccccc2-c2ccc(-c3c4c(c(-c5ccc6c(c5)C(CC(CC)CCCC)(CC(CC)CCCC)c5ccccc5-6)c5nsnc35)N=S=N4)cc21. The van der Waals surface area contributed by atoms with Crippen LogP contribution in [0, 0.1) is 23.7 Å². The molecule has 4 nitrogen and oxygen atoms in total. The van der Waals surface area contributed by atoms with Crippen molar-refractivity contribution in [2.24, 2.45) is 32.4 Å². The summed E-state index contributed by atoms with van der Waals surface area (Å²) in [5.74, 6) is 2.67. The maximum Gasteiger partial charge on any atom is 0.115 e. The van der Waals surface area contributed by atoms with Crippen LogP contribution >= 0.6 is 11.7 Å². The monoisotopic (exact) mass is 971 g/mol. The first-order valence-corrected chi connectivity index (χ1v) is 29.7. The van der Waals surface area contributed by atoms with E-state index in [4.69, 9.17) is 17.5 Å². The zero-order chi connectivity index (χ0) is 48.8. The van der Waals surface area contributed by atoms with Gasteiger partial charge in [-0.25, -0.2) is 0 Å². The molecule has 0 radical (unpaired) electrons. The van der Waals surface area contributed by atoms with Crippen molar-refractivity contribution in [3.63, 3.8) is 0 Å². The second kappa shape index (κ2) is 22.7. The van der Waals surface area contributed by atoms with Crippen molar-refractivity contribution in [1.29, 1.82) is 0 Å². The third-order valence-corrected chi connectivity index (χ3v) is 18.8. The number of aromatic nitrogens is 2. The highest BCUT2D eigenvalue weighted by atomic mass is 32.1. The highest BCUT2D eigenvalue weighted by Gasteiger charge is 2.47. The highest BCUT2D eigenvalue weighted by molar-refractivity contribution is 7.58. The maximum atomic E-state index is 5.23. The normalized spacial score (nSPS) is 19.1. The number of unbranched alkanes of at least 4 members (excludes halogenated alkanes) is 4. The molecule has 1 aromatic heterocycles. The average Bonchev–Trinajstić information content (AvgIpc) is 4.19. The number of fused-ring (bicyclic) bond motifs is 8. The summed E-state index contributed by atoms with van der Waals surface area (Å²) in [6, 6.07) is 33.7. The van der Waals surface area contributed by atoms with E-state index in [1.807, 2.05) is 0 Å². The van der Waals surface area contributed by atoms with Crippen LogP contribution in [0.4, 0.5) is 11.4 Å². The van der Waals surface area contributed by atoms with Crippen LogP contribution in [0.25, 0.3) is 55.5 Å². The van der Waals surface area contributed by atoms with Gasteiger partial charge >= 0.3 is 0 Å². The summed E-state index contributed by atoms with van der Waals surface area (Å²) < 4.78 is 20.9. The van der Waals surface area contributed by atoms with E-state index in [1.165, 1.54) is 196 Å². The van der Waals surface area contributed by atoms with E-state index in [9.17, 15) is 0 Å². The van der Waals surface area contributed by atoms with Gasteiger partial charge in [0.1, 0.15) is 22.4 Å². The Morgan fingerprint density at radius 3 is 1.10 bits per heavy atom. The summed E-state index contributed by atoms with van der Waals surface area (Å²) in [4.78, 5) is 0. The number of hydrogen-bond acceptors (Lipinski definition) is 5. The van der Waals surface area contributed by atoms with Crippen molar-refractivity contribution in [2.75, 3.05) is 0 Å². The molecular weight excluding hydrogens is 889 g/mol. The summed E-state index contributed by atoms with van der Waals surface area (Å²) in [6.07, 6.45) is 25.0. The van der Waals surface area contributed by atoms with Crippen LogP contribution in [0.5, 0.6) is 0 Å². The molecule has 0 fully saturated rings. The zero-order valence-corrected chi connectivity index (χ0v) is 45.8. The minimum atomic E-state index is -0.0568. The van der Waals surface area contributed by atoms with Crippen LogP contribution in [0.1, 0.15) is 206 Å². The van der Waals surface area contributed by atoms with Crippen LogP contribution < -0.4 is 0 Å². The Hall–Kier alpha value is -4.26. The van der Waals surface area contributed by atoms with E-state index in [0.29, 0.717) is 23.7 Å². The third-order valence-electron chi connectivity index (χ3n) is 17.8. The molecule has 370 valence electrons. The van der Waals surface area contributed by atoms with E-state index >= 15 is 0 Å². The van der Waals surface area contributed by atoms with Crippen LogP contribution in [0.2, 0.25) is 0 Å². The summed E-state index contributed by atoms with van der Waals surface area (Å²) in [7, 11) is 0. The Morgan fingerprint density at radius 2 is 0.757 bits per heavy atom. The minimum absolute atomic E-state index is 0.0568. The van der Waals surface area contributed by atoms with Crippen LogP contribution in [0.15, 0.2) is 93.7 Å². The quantitative estimate of drug-likeness (QED) is 0.0543. The summed E-state index contributed by atoms with van der Waals surface area (Å²) in [5.41, 5.74) is 20.1. The molecule has 0 saturated carbocycles. The molecule has 9 rings (SSSR count). The molecule has 5 aromatic carbocycles. The topological polar surface area (TPSA) is 50.5 Å². The Bertz CT molecular complexity index is 2610. The van der Waals surface area contributed by atoms with Gasteiger partial charge in [0.25, 0.3) is 0 Å². The summed E-state index contributed by atoms with van der Waals surface area (Å²) in [5, 5.41) is 0. The second-order valence-electron chi connectivity index (χ2n) is 21.9. The molecule has 4 unspecified atom stereocenters. The van der Waals surface area contributed by atoms with E-state index in [-0.39, 0.29) is 10.8 Å². The van der Waals surface area contributed by atoms with Gasteiger partial charge in [-0.15, -0.1) is 0 Å².